The normalized spacial score (nSPS) is 11.2. The standard InChI is InChI=1S/C15H18N2O5S/c1-11-8-14(17-22-11)16-15(18)6-7-23(19,20)10-12-4-3-5-13(9-12)21-2/h3-5,8-9H,6-7,10H2,1-2H3,(H,16,17,18). The number of aryl methyl sites for hydroxylation is 1. The third kappa shape index (κ3) is 5.41. The van der Waals surface area contributed by atoms with Crippen molar-refractivity contribution >= 4 is 21.6 Å². The number of nitrogens with one attached hydrogen (secondary N) is 1. The van der Waals surface area contributed by atoms with Crippen molar-refractivity contribution in [1.29, 1.82) is 0 Å². The summed E-state index contributed by atoms with van der Waals surface area (Å²) >= 11 is 0. The van der Waals surface area contributed by atoms with Gasteiger partial charge in [0.2, 0.25) is 5.91 Å². The van der Waals surface area contributed by atoms with Crippen LogP contribution in [0.1, 0.15) is 17.7 Å². The van der Waals surface area contributed by atoms with E-state index in [0.717, 1.165) is 0 Å². The molecule has 1 N–H and O–H groups in total. The van der Waals surface area contributed by atoms with Crippen LogP contribution >= 0.6 is 0 Å². The average Bonchev–Trinajstić information content (AvgIpc) is 2.90. The van der Waals surface area contributed by atoms with Gasteiger partial charge in [-0.05, 0) is 24.6 Å². The fraction of sp³-hybridized carbons (Fsp3) is 0.333. The molecule has 8 heteroatoms. The smallest absolute Gasteiger partial charge is 0.226 e. The Bertz CT molecular complexity index is 783. The molecule has 2 rings (SSSR count). The molecule has 0 bridgehead atoms. The van der Waals surface area contributed by atoms with E-state index in [1.54, 1.807) is 37.3 Å². The van der Waals surface area contributed by atoms with Crippen molar-refractivity contribution < 1.29 is 22.5 Å². The number of ether oxygens (including phenoxy) is 1. The van der Waals surface area contributed by atoms with E-state index in [1.165, 1.54) is 7.11 Å². The highest BCUT2D eigenvalue weighted by atomic mass is 32.2. The minimum Gasteiger partial charge on any atom is -0.497 e. The lowest BCUT2D eigenvalue weighted by Gasteiger charge is -2.06. The minimum absolute atomic E-state index is 0.138. The van der Waals surface area contributed by atoms with E-state index in [2.05, 4.69) is 10.5 Å². The topological polar surface area (TPSA) is 98.5 Å². The van der Waals surface area contributed by atoms with Crippen LogP contribution in [0.5, 0.6) is 5.75 Å². The summed E-state index contributed by atoms with van der Waals surface area (Å²) in [5, 5.41) is 6.11. The Morgan fingerprint density at radius 3 is 2.78 bits per heavy atom. The second kappa shape index (κ2) is 7.28. The fourth-order valence-corrected chi connectivity index (χ4v) is 3.30. The number of sulfone groups is 1. The number of hydrogen-bond donors (Lipinski definition) is 1. The number of carbonyl (C=O) groups is 1. The van der Waals surface area contributed by atoms with Crippen LogP contribution in [-0.4, -0.2) is 32.3 Å². The highest BCUT2D eigenvalue weighted by Gasteiger charge is 2.16. The van der Waals surface area contributed by atoms with E-state index in [1.807, 2.05) is 0 Å². The van der Waals surface area contributed by atoms with Gasteiger partial charge in [0.25, 0.3) is 0 Å². The molecule has 0 saturated carbocycles. The third-order valence-electron chi connectivity index (χ3n) is 3.06. The average molecular weight is 338 g/mol. The molecular formula is C15H18N2O5S. The van der Waals surface area contributed by atoms with Gasteiger partial charge >= 0.3 is 0 Å². The zero-order valence-corrected chi connectivity index (χ0v) is 13.7. The van der Waals surface area contributed by atoms with Crippen LogP contribution in [0.25, 0.3) is 0 Å². The number of anilines is 1. The maximum atomic E-state index is 12.1. The monoisotopic (exact) mass is 338 g/mol. The summed E-state index contributed by atoms with van der Waals surface area (Å²) in [7, 11) is -1.88. The Kier molecular flexibility index (Phi) is 5.38. The Labute approximate surface area is 134 Å². The summed E-state index contributed by atoms with van der Waals surface area (Å²) < 4.78 is 34.1. The van der Waals surface area contributed by atoms with E-state index < -0.39 is 15.7 Å². The highest BCUT2D eigenvalue weighted by Crippen LogP contribution is 2.15. The molecule has 2 aromatic rings. The lowest BCUT2D eigenvalue weighted by molar-refractivity contribution is -0.115. The zero-order chi connectivity index (χ0) is 16.9. The molecule has 0 atom stereocenters. The molecule has 0 aliphatic rings. The van der Waals surface area contributed by atoms with E-state index in [0.29, 0.717) is 17.1 Å². The Morgan fingerprint density at radius 2 is 2.13 bits per heavy atom. The van der Waals surface area contributed by atoms with Gasteiger partial charge in [0.05, 0.1) is 18.6 Å². The number of aromatic nitrogens is 1. The van der Waals surface area contributed by atoms with Gasteiger partial charge in [-0.3, -0.25) is 4.79 Å². The number of methoxy groups -OCH3 is 1. The molecule has 0 fully saturated rings. The van der Waals surface area contributed by atoms with Crippen LogP contribution in [-0.2, 0) is 20.4 Å². The molecule has 0 unspecified atom stereocenters. The first-order valence-corrected chi connectivity index (χ1v) is 8.76. The van der Waals surface area contributed by atoms with E-state index in [-0.39, 0.29) is 23.7 Å². The maximum Gasteiger partial charge on any atom is 0.226 e. The summed E-state index contributed by atoms with van der Waals surface area (Å²) in [6.07, 6.45) is -0.141. The highest BCUT2D eigenvalue weighted by molar-refractivity contribution is 7.90. The molecule has 1 heterocycles. The molecular weight excluding hydrogens is 320 g/mol. The van der Waals surface area contributed by atoms with Gasteiger partial charge in [-0.15, -0.1) is 0 Å². The van der Waals surface area contributed by atoms with Crippen LogP contribution in [0.4, 0.5) is 5.82 Å². The zero-order valence-electron chi connectivity index (χ0n) is 12.9. The van der Waals surface area contributed by atoms with Crippen LogP contribution in [0.3, 0.4) is 0 Å². The van der Waals surface area contributed by atoms with Crippen LogP contribution < -0.4 is 10.1 Å². The third-order valence-corrected chi connectivity index (χ3v) is 4.66. The Morgan fingerprint density at radius 1 is 1.35 bits per heavy atom. The molecule has 0 spiro atoms. The van der Waals surface area contributed by atoms with Gasteiger partial charge in [-0.25, -0.2) is 8.42 Å². The number of rotatable bonds is 7. The van der Waals surface area contributed by atoms with Crippen molar-refractivity contribution in [2.75, 3.05) is 18.2 Å². The summed E-state index contributed by atoms with van der Waals surface area (Å²) in [6.45, 7) is 1.70. The molecule has 0 aliphatic carbocycles. The van der Waals surface area contributed by atoms with Crippen molar-refractivity contribution in [3.8, 4) is 5.75 Å². The largest absolute Gasteiger partial charge is 0.497 e. The van der Waals surface area contributed by atoms with Gasteiger partial charge in [0.15, 0.2) is 15.7 Å². The number of benzene rings is 1. The van der Waals surface area contributed by atoms with Crippen LogP contribution in [0.2, 0.25) is 0 Å². The van der Waals surface area contributed by atoms with Crippen molar-refractivity contribution in [1.82, 2.24) is 5.16 Å². The molecule has 1 amide bonds. The van der Waals surface area contributed by atoms with Crippen molar-refractivity contribution in [2.24, 2.45) is 0 Å². The maximum absolute atomic E-state index is 12.1. The molecule has 1 aromatic carbocycles. The first-order valence-electron chi connectivity index (χ1n) is 6.94. The predicted molar refractivity (Wildman–Crippen MR) is 85.0 cm³/mol. The molecule has 23 heavy (non-hydrogen) atoms. The molecule has 1 aromatic heterocycles. The van der Waals surface area contributed by atoms with Gasteiger partial charge < -0.3 is 14.6 Å². The second-order valence-electron chi connectivity index (χ2n) is 5.06. The van der Waals surface area contributed by atoms with Crippen molar-refractivity contribution in [3.05, 3.63) is 41.7 Å². The first kappa shape index (κ1) is 17.0. The quantitative estimate of drug-likeness (QED) is 0.828. The number of nitrogens with zero attached hydrogens (tertiary/aromatic N) is 1. The Hall–Kier alpha value is -2.35. The summed E-state index contributed by atoms with van der Waals surface area (Å²) in [6, 6.07) is 8.39. The molecule has 0 aliphatic heterocycles. The first-order chi connectivity index (χ1) is 10.9. The number of carbonyl (C=O) groups excluding carboxylic acids is 1. The molecule has 7 nitrogen and oxygen atoms in total. The van der Waals surface area contributed by atoms with Crippen molar-refractivity contribution in [2.45, 2.75) is 19.1 Å². The summed E-state index contributed by atoms with van der Waals surface area (Å²) in [5.41, 5.74) is 0.622. The van der Waals surface area contributed by atoms with Crippen LogP contribution in [0.15, 0.2) is 34.9 Å². The SMILES string of the molecule is COc1cccc(CS(=O)(=O)CCC(=O)Nc2cc(C)on2)c1. The fourth-order valence-electron chi connectivity index (χ4n) is 1.97. The van der Waals surface area contributed by atoms with Gasteiger partial charge in [-0.1, -0.05) is 17.3 Å². The number of amides is 1. The summed E-state index contributed by atoms with van der Waals surface area (Å²) in [5.74, 6) is 0.626. The number of hydrogen-bond acceptors (Lipinski definition) is 6. The molecule has 0 radical (unpaired) electrons. The van der Waals surface area contributed by atoms with Crippen LogP contribution in [0, 0.1) is 6.92 Å². The van der Waals surface area contributed by atoms with Gasteiger partial charge in [-0.2, -0.15) is 0 Å². The minimum atomic E-state index is -3.40. The lowest BCUT2D eigenvalue weighted by atomic mass is 10.2. The lowest BCUT2D eigenvalue weighted by Crippen LogP contribution is -2.18. The Balaban J connectivity index is 1.89. The molecule has 124 valence electrons. The van der Waals surface area contributed by atoms with Crippen molar-refractivity contribution in [3.63, 3.8) is 0 Å². The molecule has 0 saturated heterocycles. The predicted octanol–water partition coefficient (Wildman–Crippen LogP) is 1.94. The van der Waals surface area contributed by atoms with Gasteiger partial charge in [0.1, 0.15) is 11.5 Å². The second-order valence-corrected chi connectivity index (χ2v) is 7.25. The van der Waals surface area contributed by atoms with E-state index in [4.69, 9.17) is 9.26 Å². The summed E-state index contributed by atoms with van der Waals surface area (Å²) in [4.78, 5) is 11.7. The van der Waals surface area contributed by atoms with E-state index >= 15 is 0 Å². The van der Waals surface area contributed by atoms with E-state index in [9.17, 15) is 13.2 Å². The van der Waals surface area contributed by atoms with Gasteiger partial charge in [0, 0.05) is 12.5 Å².